The number of anilines is 1. The molecule has 0 bridgehead atoms. The van der Waals surface area contributed by atoms with Crippen LogP contribution in [0.5, 0.6) is 0 Å². The largest absolute Gasteiger partial charge is 0.378 e. The normalized spacial score (nSPS) is 23.3. The molecule has 5 nitrogen and oxygen atoms in total. The van der Waals surface area contributed by atoms with Gasteiger partial charge in [-0.2, -0.15) is 0 Å². The Morgan fingerprint density at radius 2 is 1.57 bits per heavy atom. The predicted molar refractivity (Wildman–Crippen MR) is 116 cm³/mol. The number of ether oxygens (including phenoxy) is 1. The highest BCUT2D eigenvalue weighted by Gasteiger charge is 2.56. The SMILES string of the molecule is O=C(C1c2ccccc2C(=O)N(c2ccccc2)C12CCCCC2)N1CCOCC1. The van der Waals surface area contributed by atoms with E-state index in [0.717, 1.165) is 43.4 Å². The van der Waals surface area contributed by atoms with Crippen LogP contribution in [0, 0.1) is 0 Å². The average Bonchev–Trinajstić information content (AvgIpc) is 2.81. The van der Waals surface area contributed by atoms with Crippen LogP contribution in [-0.4, -0.2) is 48.6 Å². The van der Waals surface area contributed by atoms with Gasteiger partial charge < -0.3 is 14.5 Å². The number of nitrogens with zero attached hydrogens (tertiary/aromatic N) is 2. The summed E-state index contributed by atoms with van der Waals surface area (Å²) < 4.78 is 5.49. The van der Waals surface area contributed by atoms with Crippen LogP contribution in [0.4, 0.5) is 5.69 Å². The third-order valence-electron chi connectivity index (χ3n) is 6.99. The second-order valence-corrected chi connectivity index (χ2v) is 8.60. The highest BCUT2D eigenvalue weighted by Crippen LogP contribution is 2.51. The van der Waals surface area contributed by atoms with Crippen LogP contribution in [0.25, 0.3) is 0 Å². The Bertz CT molecular complexity index is 930. The minimum Gasteiger partial charge on any atom is -0.378 e. The van der Waals surface area contributed by atoms with E-state index in [1.54, 1.807) is 0 Å². The Morgan fingerprint density at radius 1 is 0.900 bits per heavy atom. The first-order chi connectivity index (χ1) is 14.7. The molecule has 5 heteroatoms. The molecule has 3 aliphatic rings. The lowest BCUT2D eigenvalue weighted by atomic mass is 9.65. The maximum atomic E-state index is 14.0. The summed E-state index contributed by atoms with van der Waals surface area (Å²) in [4.78, 5) is 31.7. The summed E-state index contributed by atoms with van der Waals surface area (Å²) in [5.41, 5.74) is 1.93. The zero-order valence-corrected chi connectivity index (χ0v) is 17.3. The molecule has 2 amide bonds. The van der Waals surface area contributed by atoms with Gasteiger partial charge in [0.05, 0.1) is 24.7 Å². The van der Waals surface area contributed by atoms with E-state index in [0.29, 0.717) is 31.9 Å². The molecule has 1 spiro atoms. The van der Waals surface area contributed by atoms with E-state index in [2.05, 4.69) is 0 Å². The van der Waals surface area contributed by atoms with Gasteiger partial charge in [0.1, 0.15) is 0 Å². The van der Waals surface area contributed by atoms with Crippen molar-refractivity contribution in [1.82, 2.24) is 4.90 Å². The molecule has 5 rings (SSSR count). The van der Waals surface area contributed by atoms with Crippen LogP contribution in [0.1, 0.15) is 53.9 Å². The van der Waals surface area contributed by atoms with Crippen LogP contribution in [0.3, 0.4) is 0 Å². The minimum absolute atomic E-state index is 0.0183. The lowest BCUT2D eigenvalue weighted by molar-refractivity contribution is -0.139. The standard InChI is InChI=1S/C25H28N2O3/c28-23-21-12-6-5-11-20(21)22(24(29)26-15-17-30-18-16-26)25(13-7-2-8-14-25)27(23)19-9-3-1-4-10-19/h1,3-6,9-12,22H,2,7-8,13-18H2. The third-order valence-corrected chi connectivity index (χ3v) is 6.99. The van der Waals surface area contributed by atoms with Gasteiger partial charge in [0, 0.05) is 24.3 Å². The quantitative estimate of drug-likeness (QED) is 0.760. The van der Waals surface area contributed by atoms with E-state index in [4.69, 9.17) is 4.74 Å². The first kappa shape index (κ1) is 19.3. The number of carbonyl (C=O) groups is 2. The van der Waals surface area contributed by atoms with E-state index in [9.17, 15) is 9.59 Å². The maximum absolute atomic E-state index is 14.0. The van der Waals surface area contributed by atoms with Crippen molar-refractivity contribution < 1.29 is 14.3 Å². The molecule has 30 heavy (non-hydrogen) atoms. The van der Waals surface area contributed by atoms with Gasteiger partial charge in [-0.25, -0.2) is 0 Å². The molecule has 2 aromatic rings. The van der Waals surface area contributed by atoms with Crippen LogP contribution in [0.2, 0.25) is 0 Å². The topological polar surface area (TPSA) is 49.9 Å². The molecule has 2 fully saturated rings. The van der Waals surface area contributed by atoms with Gasteiger partial charge >= 0.3 is 0 Å². The molecule has 0 aromatic heterocycles. The summed E-state index contributed by atoms with van der Waals surface area (Å²) in [6.45, 7) is 2.39. The predicted octanol–water partition coefficient (Wildman–Crippen LogP) is 3.99. The van der Waals surface area contributed by atoms with Crippen molar-refractivity contribution in [2.45, 2.75) is 43.6 Å². The molecule has 1 saturated carbocycles. The molecule has 1 aliphatic carbocycles. The molecule has 2 aromatic carbocycles. The number of carbonyl (C=O) groups excluding carboxylic acids is 2. The Labute approximate surface area is 177 Å². The van der Waals surface area contributed by atoms with Gasteiger partial charge in [-0.05, 0) is 36.6 Å². The molecule has 0 radical (unpaired) electrons. The molecule has 2 heterocycles. The van der Waals surface area contributed by atoms with Crippen molar-refractivity contribution in [2.24, 2.45) is 0 Å². The zero-order valence-electron chi connectivity index (χ0n) is 17.3. The highest BCUT2D eigenvalue weighted by molar-refractivity contribution is 6.12. The van der Waals surface area contributed by atoms with Gasteiger partial charge in [-0.1, -0.05) is 55.7 Å². The molecule has 2 aliphatic heterocycles. The number of hydrogen-bond acceptors (Lipinski definition) is 3. The molecular formula is C25H28N2O3. The Balaban J connectivity index is 1.70. The summed E-state index contributed by atoms with van der Waals surface area (Å²) in [7, 11) is 0. The van der Waals surface area contributed by atoms with Gasteiger partial charge in [0.25, 0.3) is 5.91 Å². The van der Waals surface area contributed by atoms with Crippen molar-refractivity contribution in [3.8, 4) is 0 Å². The molecule has 0 N–H and O–H groups in total. The molecular weight excluding hydrogens is 376 g/mol. The van der Waals surface area contributed by atoms with Crippen molar-refractivity contribution >= 4 is 17.5 Å². The van der Waals surface area contributed by atoms with E-state index in [1.165, 1.54) is 0 Å². The fourth-order valence-corrected chi connectivity index (χ4v) is 5.64. The number of benzene rings is 2. The number of fused-ring (bicyclic) bond motifs is 1. The maximum Gasteiger partial charge on any atom is 0.259 e. The van der Waals surface area contributed by atoms with E-state index in [1.807, 2.05) is 64.4 Å². The second-order valence-electron chi connectivity index (χ2n) is 8.60. The monoisotopic (exact) mass is 404 g/mol. The smallest absolute Gasteiger partial charge is 0.259 e. The first-order valence-electron chi connectivity index (χ1n) is 11.1. The zero-order chi connectivity index (χ0) is 20.6. The second kappa shape index (κ2) is 7.88. The average molecular weight is 405 g/mol. The third kappa shape index (κ3) is 3.03. The molecule has 1 saturated heterocycles. The minimum atomic E-state index is -0.513. The number of rotatable bonds is 2. The summed E-state index contributed by atoms with van der Waals surface area (Å²) in [5.74, 6) is -0.184. The number of hydrogen-bond donors (Lipinski definition) is 0. The number of para-hydroxylation sites is 1. The van der Waals surface area contributed by atoms with E-state index < -0.39 is 5.54 Å². The van der Waals surface area contributed by atoms with Crippen molar-refractivity contribution in [3.05, 3.63) is 65.7 Å². The summed E-state index contributed by atoms with van der Waals surface area (Å²) in [5, 5.41) is 0. The summed E-state index contributed by atoms with van der Waals surface area (Å²) >= 11 is 0. The van der Waals surface area contributed by atoms with E-state index >= 15 is 0 Å². The Hall–Kier alpha value is -2.66. The van der Waals surface area contributed by atoms with Crippen molar-refractivity contribution in [2.75, 3.05) is 31.2 Å². The molecule has 1 atom stereocenters. The van der Waals surface area contributed by atoms with Crippen LogP contribution >= 0.6 is 0 Å². The molecule has 156 valence electrons. The van der Waals surface area contributed by atoms with Crippen LogP contribution in [0.15, 0.2) is 54.6 Å². The van der Waals surface area contributed by atoms with Gasteiger partial charge in [-0.3, -0.25) is 9.59 Å². The Morgan fingerprint density at radius 3 is 2.30 bits per heavy atom. The van der Waals surface area contributed by atoms with Crippen molar-refractivity contribution in [1.29, 1.82) is 0 Å². The van der Waals surface area contributed by atoms with E-state index in [-0.39, 0.29) is 17.7 Å². The Kier molecular flexibility index (Phi) is 5.07. The van der Waals surface area contributed by atoms with Crippen LogP contribution < -0.4 is 4.90 Å². The lowest BCUT2D eigenvalue weighted by Crippen LogP contribution is -2.63. The fraction of sp³-hybridized carbons (Fsp3) is 0.440. The van der Waals surface area contributed by atoms with Crippen LogP contribution in [-0.2, 0) is 9.53 Å². The number of morpholine rings is 1. The lowest BCUT2D eigenvalue weighted by Gasteiger charge is -2.54. The van der Waals surface area contributed by atoms with Crippen molar-refractivity contribution in [3.63, 3.8) is 0 Å². The summed E-state index contributed by atoms with van der Waals surface area (Å²) in [6.07, 6.45) is 4.92. The first-order valence-corrected chi connectivity index (χ1v) is 11.1. The summed E-state index contributed by atoms with van der Waals surface area (Å²) in [6, 6.07) is 17.6. The van der Waals surface area contributed by atoms with Gasteiger partial charge in [0.2, 0.25) is 5.91 Å². The highest BCUT2D eigenvalue weighted by atomic mass is 16.5. The fourth-order valence-electron chi connectivity index (χ4n) is 5.64. The number of amides is 2. The van der Waals surface area contributed by atoms with Gasteiger partial charge in [-0.15, -0.1) is 0 Å². The molecule has 1 unspecified atom stereocenters. The van der Waals surface area contributed by atoms with Gasteiger partial charge in [0.15, 0.2) is 0 Å².